The van der Waals surface area contributed by atoms with Crippen molar-refractivity contribution in [3.63, 3.8) is 0 Å². The van der Waals surface area contributed by atoms with Crippen LogP contribution >= 0.6 is 0 Å². The summed E-state index contributed by atoms with van der Waals surface area (Å²) < 4.78 is 34.1. The van der Waals surface area contributed by atoms with Crippen molar-refractivity contribution in [2.75, 3.05) is 4.90 Å². The van der Waals surface area contributed by atoms with E-state index in [9.17, 15) is 22.8 Å². The Morgan fingerprint density at radius 2 is 1.55 bits per heavy atom. The minimum absolute atomic E-state index is 0.0385. The van der Waals surface area contributed by atoms with E-state index in [2.05, 4.69) is 0 Å². The van der Waals surface area contributed by atoms with Crippen LogP contribution in [0.4, 0.5) is 5.69 Å². The monoisotopic (exact) mass is 528 g/mol. The van der Waals surface area contributed by atoms with Gasteiger partial charge in [-0.05, 0) is 52.7 Å². The van der Waals surface area contributed by atoms with Gasteiger partial charge in [0.05, 0.1) is 17.0 Å². The van der Waals surface area contributed by atoms with Crippen molar-refractivity contribution in [2.24, 2.45) is 0 Å². The maximum atomic E-state index is 14.0. The molecule has 1 aliphatic rings. The van der Waals surface area contributed by atoms with E-state index in [1.807, 2.05) is 30.3 Å². The van der Waals surface area contributed by atoms with Gasteiger partial charge in [-0.25, -0.2) is 13.3 Å². The van der Waals surface area contributed by atoms with Crippen molar-refractivity contribution in [1.29, 1.82) is 0 Å². The zero-order chi connectivity index (χ0) is 26.9. The number of nitrogens with zero attached hydrogens (tertiary/aromatic N) is 2. The minimum Gasteiger partial charge on any atom is -0.427 e. The first kappa shape index (κ1) is 25.3. The molecule has 4 aromatic rings. The second-order valence-electron chi connectivity index (χ2n) is 8.92. The van der Waals surface area contributed by atoms with Crippen LogP contribution in [0.3, 0.4) is 0 Å². The first-order valence-electron chi connectivity index (χ1n) is 11.9. The molecule has 8 nitrogen and oxygen atoms in total. The lowest BCUT2D eigenvalue weighted by atomic mass is 10.1. The first-order chi connectivity index (χ1) is 18.2. The number of esters is 1. The molecule has 38 heavy (non-hydrogen) atoms. The Morgan fingerprint density at radius 1 is 0.895 bits per heavy atom. The van der Waals surface area contributed by atoms with E-state index in [-0.39, 0.29) is 29.3 Å². The van der Waals surface area contributed by atoms with Crippen molar-refractivity contribution in [1.82, 2.24) is 4.31 Å². The van der Waals surface area contributed by atoms with Gasteiger partial charge in [-0.3, -0.25) is 14.4 Å². The predicted molar refractivity (Wildman–Crippen MR) is 142 cm³/mol. The Hall–Kier alpha value is -4.34. The van der Waals surface area contributed by atoms with Crippen LogP contribution in [-0.2, 0) is 31.0 Å². The van der Waals surface area contributed by atoms with Gasteiger partial charge in [0.1, 0.15) is 11.8 Å². The highest BCUT2D eigenvalue weighted by Gasteiger charge is 2.47. The van der Waals surface area contributed by atoms with Gasteiger partial charge in [0, 0.05) is 13.5 Å². The van der Waals surface area contributed by atoms with E-state index in [1.54, 1.807) is 36.4 Å². The third-order valence-electron chi connectivity index (χ3n) is 6.34. The van der Waals surface area contributed by atoms with Crippen molar-refractivity contribution < 1.29 is 27.5 Å². The van der Waals surface area contributed by atoms with Crippen LogP contribution in [0.1, 0.15) is 18.9 Å². The standard InChI is InChI=1S/C29H24N2O6S/c1-20(32)37-25-14-12-24(13-15-25)31-28(33)18-27(29(31)34)30(19-21-7-3-2-4-8-21)38(35,36)26-16-11-22-9-5-6-10-23(22)17-26/h2-17,27H,18-19H2,1H3. The molecule has 1 heterocycles. The number of ether oxygens (including phenoxy) is 1. The topological polar surface area (TPSA) is 101 Å². The number of hydrogen-bond donors (Lipinski definition) is 0. The van der Waals surface area contributed by atoms with Crippen molar-refractivity contribution in [3.8, 4) is 5.75 Å². The van der Waals surface area contributed by atoms with Crippen molar-refractivity contribution >= 4 is 44.3 Å². The fourth-order valence-corrected chi connectivity index (χ4v) is 6.14. The van der Waals surface area contributed by atoms with E-state index in [0.29, 0.717) is 5.56 Å². The van der Waals surface area contributed by atoms with Crippen molar-refractivity contribution in [3.05, 3.63) is 103 Å². The lowest BCUT2D eigenvalue weighted by Crippen LogP contribution is -2.45. The normalized spacial score (nSPS) is 15.8. The molecular weight excluding hydrogens is 504 g/mol. The zero-order valence-corrected chi connectivity index (χ0v) is 21.3. The molecule has 2 amide bonds. The van der Waals surface area contributed by atoms with Gasteiger partial charge < -0.3 is 4.74 Å². The lowest BCUT2D eigenvalue weighted by Gasteiger charge is -2.27. The van der Waals surface area contributed by atoms with Crippen LogP contribution in [0.5, 0.6) is 5.75 Å². The molecule has 1 aliphatic heterocycles. The molecule has 0 radical (unpaired) electrons. The molecule has 9 heteroatoms. The molecule has 0 aliphatic carbocycles. The Morgan fingerprint density at radius 3 is 2.24 bits per heavy atom. The Labute approximate surface area is 220 Å². The summed E-state index contributed by atoms with van der Waals surface area (Å²) in [5, 5.41) is 1.63. The number of anilines is 1. The van der Waals surface area contributed by atoms with Crippen LogP contribution in [0.25, 0.3) is 10.8 Å². The van der Waals surface area contributed by atoms with E-state index >= 15 is 0 Å². The summed E-state index contributed by atoms with van der Waals surface area (Å²) in [6, 6.07) is 25.8. The highest BCUT2D eigenvalue weighted by Crippen LogP contribution is 2.32. The fraction of sp³-hybridized carbons (Fsp3) is 0.138. The number of hydrogen-bond acceptors (Lipinski definition) is 6. The summed E-state index contributed by atoms with van der Waals surface area (Å²) in [6.45, 7) is 1.18. The van der Waals surface area contributed by atoms with Gasteiger partial charge in [-0.2, -0.15) is 4.31 Å². The second-order valence-corrected chi connectivity index (χ2v) is 10.8. The molecule has 192 valence electrons. The average molecular weight is 529 g/mol. The third-order valence-corrected chi connectivity index (χ3v) is 8.19. The number of carbonyl (C=O) groups is 3. The smallest absolute Gasteiger partial charge is 0.308 e. The molecule has 1 fully saturated rings. The van der Waals surface area contributed by atoms with Gasteiger partial charge in [0.25, 0.3) is 5.91 Å². The molecule has 1 atom stereocenters. The quantitative estimate of drug-likeness (QED) is 0.202. The molecule has 0 saturated carbocycles. The maximum Gasteiger partial charge on any atom is 0.308 e. The van der Waals surface area contributed by atoms with Gasteiger partial charge >= 0.3 is 5.97 Å². The molecular formula is C29H24N2O6S. The Kier molecular flexibility index (Phi) is 6.79. The average Bonchev–Trinajstić information content (AvgIpc) is 3.20. The Bertz CT molecular complexity index is 1640. The number of fused-ring (bicyclic) bond motifs is 1. The molecule has 0 bridgehead atoms. The summed E-state index contributed by atoms with van der Waals surface area (Å²) in [5.74, 6) is -1.40. The molecule has 5 rings (SSSR count). The van der Waals surface area contributed by atoms with E-state index in [1.165, 1.54) is 37.3 Å². The van der Waals surface area contributed by atoms with E-state index < -0.39 is 33.8 Å². The number of imide groups is 1. The van der Waals surface area contributed by atoms with Crippen LogP contribution in [0.2, 0.25) is 0 Å². The second kappa shape index (κ2) is 10.2. The first-order valence-corrected chi connectivity index (χ1v) is 13.4. The third kappa shape index (κ3) is 4.93. The number of carbonyl (C=O) groups excluding carboxylic acids is 3. The zero-order valence-electron chi connectivity index (χ0n) is 20.5. The number of amides is 2. The molecule has 1 unspecified atom stereocenters. The van der Waals surface area contributed by atoms with Gasteiger partial charge in [0.2, 0.25) is 15.9 Å². The summed E-state index contributed by atoms with van der Waals surface area (Å²) in [7, 11) is -4.18. The summed E-state index contributed by atoms with van der Waals surface area (Å²) >= 11 is 0. The molecule has 0 spiro atoms. The predicted octanol–water partition coefficient (Wildman–Crippen LogP) is 4.29. The van der Waals surface area contributed by atoms with Gasteiger partial charge in [-0.1, -0.05) is 60.7 Å². The highest BCUT2D eigenvalue weighted by atomic mass is 32.2. The van der Waals surface area contributed by atoms with Crippen LogP contribution in [0, 0.1) is 0 Å². The maximum absolute atomic E-state index is 14.0. The Balaban J connectivity index is 1.52. The number of rotatable bonds is 7. The van der Waals surface area contributed by atoms with E-state index in [0.717, 1.165) is 20.0 Å². The van der Waals surface area contributed by atoms with Crippen molar-refractivity contribution in [2.45, 2.75) is 30.8 Å². The summed E-state index contributed by atoms with van der Waals surface area (Å²) in [6.07, 6.45) is -0.301. The van der Waals surface area contributed by atoms with E-state index in [4.69, 9.17) is 4.74 Å². The molecule has 0 aromatic heterocycles. The molecule has 1 saturated heterocycles. The fourth-order valence-electron chi connectivity index (χ4n) is 4.53. The van der Waals surface area contributed by atoms with Crippen LogP contribution in [-0.4, -0.2) is 36.5 Å². The minimum atomic E-state index is -4.18. The SMILES string of the molecule is CC(=O)Oc1ccc(N2C(=O)CC(N(Cc3ccccc3)S(=O)(=O)c3ccc4ccccc4c3)C2=O)cc1. The largest absolute Gasteiger partial charge is 0.427 e. The van der Waals surface area contributed by atoms with Gasteiger partial charge in [-0.15, -0.1) is 0 Å². The lowest BCUT2D eigenvalue weighted by molar-refractivity contribution is -0.132. The summed E-state index contributed by atoms with van der Waals surface area (Å²) in [4.78, 5) is 38.9. The van der Waals surface area contributed by atoms with Gasteiger partial charge in [0.15, 0.2) is 0 Å². The number of benzene rings is 4. The highest BCUT2D eigenvalue weighted by molar-refractivity contribution is 7.89. The van der Waals surface area contributed by atoms with Crippen LogP contribution in [0.15, 0.2) is 102 Å². The summed E-state index contributed by atoms with van der Waals surface area (Å²) in [5.41, 5.74) is 0.947. The number of sulfonamides is 1. The van der Waals surface area contributed by atoms with Crippen LogP contribution < -0.4 is 9.64 Å². The molecule has 4 aromatic carbocycles. The molecule has 0 N–H and O–H groups in total.